The Balaban J connectivity index is 2.11. The molecule has 3 aromatic rings. The van der Waals surface area contributed by atoms with E-state index in [1.165, 1.54) is 0 Å². The highest BCUT2D eigenvalue weighted by Crippen LogP contribution is 2.20. The zero-order valence-electron chi connectivity index (χ0n) is 10.2. The summed E-state index contributed by atoms with van der Waals surface area (Å²) in [7, 11) is 0. The molecule has 0 unspecified atom stereocenters. The predicted molar refractivity (Wildman–Crippen MR) is 82.1 cm³/mol. The summed E-state index contributed by atoms with van der Waals surface area (Å²) in [6.07, 6.45) is 2.20. The van der Waals surface area contributed by atoms with Crippen LogP contribution in [0, 0.1) is 0 Å². The Morgan fingerprint density at radius 2 is 2.00 bits per heavy atom. The number of nitrogens with zero attached hydrogens (tertiary/aromatic N) is 2. The molecule has 0 fully saturated rings. The van der Waals surface area contributed by atoms with E-state index in [4.69, 9.17) is 11.6 Å². The summed E-state index contributed by atoms with van der Waals surface area (Å²) in [4.78, 5) is 15.9. The maximum Gasteiger partial charge on any atom is 0.290 e. The highest BCUT2D eigenvalue weighted by molar-refractivity contribution is 9.10. The zero-order valence-corrected chi connectivity index (χ0v) is 12.6. The maximum atomic E-state index is 11.7. The number of pyridine rings is 1. The van der Waals surface area contributed by atoms with E-state index in [0.717, 1.165) is 21.1 Å². The topological polar surface area (TPSA) is 58.6 Å². The Hall–Kier alpha value is -1.72. The van der Waals surface area contributed by atoms with Gasteiger partial charge in [-0.3, -0.25) is 4.79 Å². The molecule has 0 radical (unpaired) electrons. The third-order valence-electron chi connectivity index (χ3n) is 2.96. The van der Waals surface area contributed by atoms with Crippen LogP contribution in [0.2, 0.25) is 5.02 Å². The molecule has 0 atom stereocenters. The summed E-state index contributed by atoms with van der Waals surface area (Å²) in [5.41, 5.74) is 1.95. The van der Waals surface area contributed by atoms with Crippen molar-refractivity contribution in [1.29, 1.82) is 0 Å². The summed E-state index contributed by atoms with van der Waals surface area (Å²) in [6.45, 7) is 0. The number of benzene rings is 1. The molecule has 20 heavy (non-hydrogen) atoms. The highest BCUT2D eigenvalue weighted by atomic mass is 79.9. The molecule has 0 aliphatic heterocycles. The lowest BCUT2D eigenvalue weighted by molar-refractivity contribution is 0.928. The summed E-state index contributed by atoms with van der Waals surface area (Å²) < 4.78 is 0.815. The van der Waals surface area contributed by atoms with Crippen LogP contribution in [0.25, 0.3) is 10.9 Å². The highest BCUT2D eigenvalue weighted by Gasteiger charge is 2.09. The van der Waals surface area contributed by atoms with E-state index in [1.54, 1.807) is 6.20 Å². The van der Waals surface area contributed by atoms with Gasteiger partial charge in [0.1, 0.15) is 5.52 Å². The second-order valence-electron chi connectivity index (χ2n) is 4.35. The second-order valence-corrected chi connectivity index (χ2v) is 5.70. The largest absolute Gasteiger partial charge is 0.290 e. The molecule has 0 aliphatic carbocycles. The molecule has 1 aromatic carbocycles. The SMILES string of the molecule is O=c1[nH]nc(Cc2ccc(Cl)cc2)c2cc(Br)cnc12. The van der Waals surface area contributed by atoms with Crippen LogP contribution in [-0.4, -0.2) is 15.2 Å². The fourth-order valence-corrected chi connectivity index (χ4v) is 2.46. The third kappa shape index (κ3) is 2.59. The minimum Gasteiger partial charge on any atom is -0.266 e. The van der Waals surface area contributed by atoms with Gasteiger partial charge in [0.15, 0.2) is 0 Å². The van der Waals surface area contributed by atoms with Crippen molar-refractivity contribution in [3.63, 3.8) is 0 Å². The van der Waals surface area contributed by atoms with Crippen molar-refractivity contribution in [2.24, 2.45) is 0 Å². The lowest BCUT2D eigenvalue weighted by atomic mass is 10.1. The van der Waals surface area contributed by atoms with Gasteiger partial charge in [0.05, 0.1) is 5.69 Å². The fraction of sp³-hybridized carbons (Fsp3) is 0.0714. The molecule has 1 N–H and O–H groups in total. The number of hydrogen-bond donors (Lipinski definition) is 1. The van der Waals surface area contributed by atoms with Crippen LogP contribution in [0.4, 0.5) is 0 Å². The van der Waals surface area contributed by atoms with E-state index >= 15 is 0 Å². The van der Waals surface area contributed by atoms with Gasteiger partial charge < -0.3 is 0 Å². The summed E-state index contributed by atoms with van der Waals surface area (Å²) in [5, 5.41) is 8.06. The van der Waals surface area contributed by atoms with Crippen molar-refractivity contribution in [3.8, 4) is 0 Å². The van der Waals surface area contributed by atoms with Gasteiger partial charge in [-0.2, -0.15) is 5.10 Å². The molecule has 4 nitrogen and oxygen atoms in total. The minimum absolute atomic E-state index is 0.285. The third-order valence-corrected chi connectivity index (χ3v) is 3.64. The van der Waals surface area contributed by atoms with Crippen molar-refractivity contribution < 1.29 is 0 Å². The van der Waals surface area contributed by atoms with Crippen molar-refractivity contribution in [1.82, 2.24) is 15.2 Å². The molecule has 0 aliphatic rings. The van der Waals surface area contributed by atoms with Gasteiger partial charge in [-0.05, 0) is 39.7 Å². The first-order chi connectivity index (χ1) is 9.63. The van der Waals surface area contributed by atoms with E-state index in [1.807, 2.05) is 30.3 Å². The van der Waals surface area contributed by atoms with Crippen LogP contribution in [0.15, 0.2) is 45.8 Å². The standard InChI is InChI=1S/C14H9BrClN3O/c15-9-6-11-12(5-8-1-3-10(16)4-2-8)18-19-14(20)13(11)17-7-9/h1-4,6-7H,5H2,(H,19,20). The summed E-state index contributed by atoms with van der Waals surface area (Å²) >= 11 is 9.24. The normalized spacial score (nSPS) is 10.9. The minimum atomic E-state index is -0.285. The van der Waals surface area contributed by atoms with Gasteiger partial charge in [0, 0.05) is 27.5 Å². The van der Waals surface area contributed by atoms with Crippen LogP contribution in [0.3, 0.4) is 0 Å². The second kappa shape index (κ2) is 5.34. The van der Waals surface area contributed by atoms with E-state index < -0.39 is 0 Å². The first-order valence-electron chi connectivity index (χ1n) is 5.91. The Labute approximate surface area is 127 Å². The maximum absolute atomic E-state index is 11.7. The number of aromatic nitrogens is 3. The predicted octanol–water partition coefficient (Wildman–Crippen LogP) is 3.32. The summed E-state index contributed by atoms with van der Waals surface area (Å²) in [6, 6.07) is 9.40. The van der Waals surface area contributed by atoms with Crippen LogP contribution >= 0.6 is 27.5 Å². The average Bonchev–Trinajstić information content (AvgIpc) is 2.44. The van der Waals surface area contributed by atoms with Crippen molar-refractivity contribution in [3.05, 3.63) is 67.6 Å². The number of aromatic amines is 1. The van der Waals surface area contributed by atoms with Gasteiger partial charge in [0.25, 0.3) is 5.56 Å². The number of nitrogens with one attached hydrogen (secondary N) is 1. The number of rotatable bonds is 2. The summed E-state index contributed by atoms with van der Waals surface area (Å²) in [5.74, 6) is 0. The molecule has 0 spiro atoms. The van der Waals surface area contributed by atoms with E-state index in [2.05, 4.69) is 31.1 Å². The van der Waals surface area contributed by atoms with Gasteiger partial charge >= 0.3 is 0 Å². The number of halogens is 2. The average molecular weight is 351 g/mol. The molecule has 3 rings (SSSR count). The van der Waals surface area contributed by atoms with Gasteiger partial charge in [-0.1, -0.05) is 23.7 Å². The first-order valence-corrected chi connectivity index (χ1v) is 7.08. The smallest absolute Gasteiger partial charge is 0.266 e. The first kappa shape index (κ1) is 13.3. The van der Waals surface area contributed by atoms with Crippen LogP contribution < -0.4 is 5.56 Å². The molecule has 2 aromatic heterocycles. The molecule has 0 saturated heterocycles. The van der Waals surface area contributed by atoms with E-state index in [0.29, 0.717) is 17.0 Å². The lowest BCUT2D eigenvalue weighted by Gasteiger charge is -2.05. The van der Waals surface area contributed by atoms with Crippen LogP contribution in [0.5, 0.6) is 0 Å². The quantitative estimate of drug-likeness (QED) is 0.771. The number of hydrogen-bond acceptors (Lipinski definition) is 3. The Bertz CT molecular complexity index is 830. The Kier molecular flexibility index (Phi) is 3.54. The molecule has 2 heterocycles. The zero-order chi connectivity index (χ0) is 14.1. The van der Waals surface area contributed by atoms with Crippen molar-refractivity contribution in [2.75, 3.05) is 0 Å². The van der Waals surface area contributed by atoms with Crippen molar-refractivity contribution in [2.45, 2.75) is 6.42 Å². The molecule has 6 heteroatoms. The van der Waals surface area contributed by atoms with Gasteiger partial charge in [-0.25, -0.2) is 10.1 Å². The fourth-order valence-electron chi connectivity index (χ4n) is 2.00. The molecular weight excluding hydrogens is 342 g/mol. The van der Waals surface area contributed by atoms with E-state index in [9.17, 15) is 4.79 Å². The monoisotopic (exact) mass is 349 g/mol. The molecule has 0 amide bonds. The Morgan fingerprint density at radius 1 is 1.25 bits per heavy atom. The molecule has 0 bridgehead atoms. The van der Waals surface area contributed by atoms with Gasteiger partial charge in [0.2, 0.25) is 0 Å². The molecule has 100 valence electrons. The van der Waals surface area contributed by atoms with Crippen molar-refractivity contribution >= 4 is 38.4 Å². The number of H-pyrrole nitrogens is 1. The van der Waals surface area contributed by atoms with Gasteiger partial charge in [-0.15, -0.1) is 0 Å². The van der Waals surface area contributed by atoms with Crippen LogP contribution in [0.1, 0.15) is 11.3 Å². The molecular formula is C14H9BrClN3O. The Morgan fingerprint density at radius 3 is 2.75 bits per heavy atom. The molecule has 0 saturated carbocycles. The number of fused-ring (bicyclic) bond motifs is 1. The van der Waals surface area contributed by atoms with E-state index in [-0.39, 0.29) is 5.56 Å². The van der Waals surface area contributed by atoms with Crippen LogP contribution in [-0.2, 0) is 6.42 Å². The lowest BCUT2D eigenvalue weighted by Crippen LogP contribution is -2.12.